The van der Waals surface area contributed by atoms with Crippen LogP contribution < -0.4 is 5.32 Å². The zero-order valence-corrected chi connectivity index (χ0v) is 19.2. The molecule has 1 N–H and O–H groups in total. The van der Waals surface area contributed by atoms with Crippen molar-refractivity contribution < 1.29 is 16.8 Å². The maximum Gasteiger partial charge on any atom is 0.217 e. The highest BCUT2D eigenvalue weighted by molar-refractivity contribution is 7.90. The molecular weight excluding hydrogens is 448 g/mol. The van der Waals surface area contributed by atoms with Crippen molar-refractivity contribution in [3.05, 3.63) is 67.1 Å². The van der Waals surface area contributed by atoms with Gasteiger partial charge in [0.25, 0.3) is 0 Å². The minimum Gasteiger partial charge on any atom is -0.340 e. The number of hydrogen-bond donors (Lipinski definition) is 1. The van der Waals surface area contributed by atoms with Crippen LogP contribution in [0.2, 0.25) is 0 Å². The Hall–Kier alpha value is -2.82. The number of benzene rings is 1. The summed E-state index contributed by atoms with van der Waals surface area (Å²) in [5, 5.41) is 5.02. The molecule has 1 unspecified atom stereocenters. The lowest BCUT2D eigenvalue weighted by Crippen LogP contribution is -2.30. The van der Waals surface area contributed by atoms with Crippen molar-refractivity contribution in [2.45, 2.75) is 17.2 Å². The summed E-state index contributed by atoms with van der Waals surface area (Å²) in [7, 11) is -6.61. The van der Waals surface area contributed by atoms with Gasteiger partial charge >= 0.3 is 0 Å². The first-order valence-corrected chi connectivity index (χ1v) is 13.6. The molecule has 10 heteroatoms. The van der Waals surface area contributed by atoms with Crippen molar-refractivity contribution in [3.63, 3.8) is 0 Å². The summed E-state index contributed by atoms with van der Waals surface area (Å²) in [5.74, 6) is 0.509. The second-order valence-corrected chi connectivity index (χ2v) is 11.8. The molecule has 1 fully saturated rings. The topological polar surface area (TPSA) is 109 Å². The van der Waals surface area contributed by atoms with Gasteiger partial charge in [0.05, 0.1) is 16.3 Å². The van der Waals surface area contributed by atoms with Gasteiger partial charge in [-0.25, -0.2) is 26.1 Å². The smallest absolute Gasteiger partial charge is 0.217 e. The number of anilines is 2. The molecule has 0 spiro atoms. The first-order valence-electron chi connectivity index (χ1n) is 10.1. The van der Waals surface area contributed by atoms with Gasteiger partial charge in [-0.15, -0.1) is 6.58 Å². The minimum absolute atomic E-state index is 0.0115. The highest BCUT2D eigenvalue weighted by Crippen LogP contribution is 2.33. The molecule has 4 rings (SSSR count). The number of sulfone groups is 1. The largest absolute Gasteiger partial charge is 0.340 e. The van der Waals surface area contributed by atoms with Gasteiger partial charge in [-0.05, 0) is 42.8 Å². The first-order chi connectivity index (χ1) is 15.2. The predicted molar refractivity (Wildman–Crippen MR) is 125 cm³/mol. The van der Waals surface area contributed by atoms with E-state index in [1.807, 2.05) is 12.1 Å². The highest BCUT2D eigenvalue weighted by Gasteiger charge is 2.32. The van der Waals surface area contributed by atoms with Gasteiger partial charge in [0, 0.05) is 54.1 Å². The van der Waals surface area contributed by atoms with E-state index < -0.39 is 19.9 Å². The number of rotatable bonds is 7. The number of nitrogens with zero attached hydrogens (tertiary/aromatic N) is 3. The van der Waals surface area contributed by atoms with E-state index in [9.17, 15) is 16.8 Å². The Balaban J connectivity index is 1.61. The molecule has 0 saturated carbocycles. The minimum atomic E-state index is -3.35. The van der Waals surface area contributed by atoms with Crippen LogP contribution in [0.25, 0.3) is 10.8 Å². The predicted octanol–water partition coefficient (Wildman–Crippen LogP) is 3.08. The normalized spacial score (nSPS) is 17.5. The number of hydrogen-bond acceptors (Lipinski definition) is 7. The SMILES string of the molecule is C=CCS(=O)(=O)N1CCC(c2nccc3cnc(Nc4ccc(S(C)(=O)=O)cc4)cc23)C1. The van der Waals surface area contributed by atoms with Crippen molar-refractivity contribution >= 4 is 42.1 Å². The van der Waals surface area contributed by atoms with E-state index in [-0.39, 0.29) is 16.6 Å². The van der Waals surface area contributed by atoms with Crippen molar-refractivity contribution in [3.8, 4) is 0 Å². The number of sulfonamides is 1. The fourth-order valence-corrected chi connectivity index (χ4v) is 5.80. The van der Waals surface area contributed by atoms with E-state index in [1.165, 1.54) is 16.6 Å². The van der Waals surface area contributed by atoms with E-state index in [0.717, 1.165) is 16.5 Å². The van der Waals surface area contributed by atoms with Gasteiger partial charge in [-0.2, -0.15) is 0 Å². The summed E-state index contributed by atoms with van der Waals surface area (Å²) in [4.78, 5) is 9.27. The van der Waals surface area contributed by atoms with Crippen LogP contribution in [0, 0.1) is 0 Å². The Morgan fingerprint density at radius 3 is 2.59 bits per heavy atom. The van der Waals surface area contributed by atoms with E-state index in [2.05, 4.69) is 21.9 Å². The molecule has 2 aromatic heterocycles. The number of pyridine rings is 2. The van der Waals surface area contributed by atoms with Crippen LogP contribution in [-0.2, 0) is 19.9 Å². The third-order valence-corrected chi connectivity index (χ3v) is 8.40. The van der Waals surface area contributed by atoms with Crippen molar-refractivity contribution in [2.75, 3.05) is 30.4 Å². The van der Waals surface area contributed by atoms with E-state index in [0.29, 0.717) is 31.0 Å². The van der Waals surface area contributed by atoms with Crippen LogP contribution in [-0.4, -0.2) is 56.2 Å². The molecule has 1 atom stereocenters. The Bertz CT molecular complexity index is 1370. The van der Waals surface area contributed by atoms with Crippen LogP contribution in [0.15, 0.2) is 66.3 Å². The third kappa shape index (κ3) is 4.67. The maximum absolute atomic E-state index is 12.4. The van der Waals surface area contributed by atoms with Crippen LogP contribution in [0.3, 0.4) is 0 Å². The average molecular weight is 473 g/mol. The molecule has 8 nitrogen and oxygen atoms in total. The molecule has 3 aromatic rings. The lowest BCUT2D eigenvalue weighted by Gasteiger charge is -2.16. The molecule has 1 aliphatic heterocycles. The molecule has 1 aromatic carbocycles. The van der Waals surface area contributed by atoms with Gasteiger partial charge < -0.3 is 5.32 Å². The van der Waals surface area contributed by atoms with Crippen LogP contribution in [0.5, 0.6) is 0 Å². The van der Waals surface area contributed by atoms with Crippen molar-refractivity contribution in [1.29, 1.82) is 0 Å². The third-order valence-electron chi connectivity index (χ3n) is 5.49. The Morgan fingerprint density at radius 1 is 1.16 bits per heavy atom. The standard InChI is InChI=1S/C22H24N4O4S2/c1-3-12-32(29,30)26-11-9-17(15-26)22-20-13-21(24-14-16(20)8-10-23-22)25-18-4-6-19(7-5-18)31(2,27)28/h3-8,10,13-14,17H,1,9,11-12,15H2,2H3,(H,24,25). The van der Waals surface area contributed by atoms with Crippen molar-refractivity contribution in [2.24, 2.45) is 0 Å². The Morgan fingerprint density at radius 2 is 1.91 bits per heavy atom. The monoisotopic (exact) mass is 472 g/mol. The summed E-state index contributed by atoms with van der Waals surface area (Å²) < 4.78 is 49.6. The highest BCUT2D eigenvalue weighted by atomic mass is 32.2. The van der Waals surface area contributed by atoms with Crippen LogP contribution in [0.1, 0.15) is 18.0 Å². The van der Waals surface area contributed by atoms with Crippen molar-refractivity contribution in [1.82, 2.24) is 14.3 Å². The van der Waals surface area contributed by atoms with Gasteiger partial charge in [-0.3, -0.25) is 4.98 Å². The fourth-order valence-electron chi connectivity index (χ4n) is 3.87. The van der Waals surface area contributed by atoms with Crippen LogP contribution >= 0.6 is 0 Å². The number of nitrogens with one attached hydrogen (secondary N) is 1. The van der Waals surface area contributed by atoms with Gasteiger partial charge in [0.1, 0.15) is 5.82 Å². The lowest BCUT2D eigenvalue weighted by molar-refractivity contribution is 0.475. The molecule has 0 amide bonds. The number of aromatic nitrogens is 2. The van der Waals surface area contributed by atoms with Gasteiger partial charge in [-0.1, -0.05) is 6.08 Å². The molecule has 32 heavy (non-hydrogen) atoms. The lowest BCUT2D eigenvalue weighted by atomic mass is 9.99. The maximum atomic E-state index is 12.4. The van der Waals surface area contributed by atoms with Gasteiger partial charge in [0.15, 0.2) is 9.84 Å². The molecule has 0 aliphatic carbocycles. The molecular formula is C22H24N4O4S2. The summed E-state index contributed by atoms with van der Waals surface area (Å²) in [6, 6.07) is 10.2. The zero-order chi connectivity index (χ0) is 22.9. The second kappa shape index (κ2) is 8.61. The zero-order valence-electron chi connectivity index (χ0n) is 17.6. The molecule has 0 bridgehead atoms. The van der Waals surface area contributed by atoms with E-state index in [4.69, 9.17) is 0 Å². The summed E-state index contributed by atoms with van der Waals surface area (Å²) in [6.07, 6.45) is 6.74. The second-order valence-electron chi connectivity index (χ2n) is 7.82. The Labute approximate surface area is 188 Å². The molecule has 1 aliphatic rings. The molecule has 0 radical (unpaired) electrons. The number of fused-ring (bicyclic) bond motifs is 1. The van der Waals surface area contributed by atoms with Crippen LogP contribution in [0.4, 0.5) is 11.5 Å². The van der Waals surface area contributed by atoms with E-state index >= 15 is 0 Å². The Kier molecular flexibility index (Phi) is 6.02. The molecule has 168 valence electrons. The summed E-state index contributed by atoms with van der Waals surface area (Å²) in [5.41, 5.74) is 1.55. The average Bonchev–Trinajstić information content (AvgIpc) is 3.24. The van der Waals surface area contributed by atoms with Gasteiger partial charge in [0.2, 0.25) is 10.0 Å². The van der Waals surface area contributed by atoms with E-state index in [1.54, 1.807) is 36.7 Å². The molecule has 3 heterocycles. The summed E-state index contributed by atoms with van der Waals surface area (Å²) >= 11 is 0. The molecule has 1 saturated heterocycles. The quantitative estimate of drug-likeness (QED) is 0.526. The first kappa shape index (κ1) is 22.4. The fraction of sp³-hybridized carbons (Fsp3) is 0.273. The summed E-state index contributed by atoms with van der Waals surface area (Å²) in [6.45, 7) is 4.38.